The Kier molecular flexibility index (Phi) is 6.46. The van der Waals surface area contributed by atoms with Crippen molar-refractivity contribution in [1.82, 2.24) is 15.7 Å². The molecule has 1 aromatic carbocycles. The number of carbonyl (C=O) groups is 2. The van der Waals surface area contributed by atoms with Gasteiger partial charge >= 0.3 is 11.8 Å². The molecule has 2 aromatic rings. The van der Waals surface area contributed by atoms with Crippen LogP contribution in [0.4, 0.5) is 0 Å². The van der Waals surface area contributed by atoms with E-state index >= 15 is 0 Å². The fourth-order valence-electron chi connectivity index (χ4n) is 1.80. The molecule has 0 aliphatic rings. The Morgan fingerprint density at radius 1 is 1.12 bits per heavy atom. The summed E-state index contributed by atoms with van der Waals surface area (Å²) in [5.74, 6) is -0.823. The van der Waals surface area contributed by atoms with Crippen LogP contribution in [-0.2, 0) is 16.1 Å². The van der Waals surface area contributed by atoms with Gasteiger partial charge in [-0.3, -0.25) is 14.6 Å². The van der Waals surface area contributed by atoms with Crippen molar-refractivity contribution < 1.29 is 14.3 Å². The van der Waals surface area contributed by atoms with Crippen LogP contribution in [0.3, 0.4) is 0 Å². The molecule has 7 heteroatoms. The van der Waals surface area contributed by atoms with Crippen LogP contribution in [0.15, 0.2) is 53.9 Å². The standard InChI is InChI=1S/C17H18N4O3/c1-2-24-15-5-3-13(4-6-15)12-20-21-17(23)16(22)19-11-14-7-9-18-10-8-14/h3-10,12H,2,11H2,1H3,(H,19,22)(H,21,23)/b20-12-. The largest absolute Gasteiger partial charge is 0.494 e. The number of hydrazone groups is 1. The molecule has 0 saturated carbocycles. The molecule has 124 valence electrons. The van der Waals surface area contributed by atoms with Crippen molar-refractivity contribution >= 4 is 18.0 Å². The van der Waals surface area contributed by atoms with Crippen molar-refractivity contribution in [2.24, 2.45) is 5.10 Å². The average molecular weight is 326 g/mol. The van der Waals surface area contributed by atoms with Gasteiger partial charge in [0.1, 0.15) is 5.75 Å². The fraction of sp³-hybridized carbons (Fsp3) is 0.176. The number of hydrogen-bond donors (Lipinski definition) is 2. The van der Waals surface area contributed by atoms with E-state index in [0.29, 0.717) is 6.61 Å². The van der Waals surface area contributed by atoms with E-state index in [2.05, 4.69) is 20.8 Å². The van der Waals surface area contributed by atoms with Crippen LogP contribution in [0.2, 0.25) is 0 Å². The average Bonchev–Trinajstić information content (AvgIpc) is 2.62. The monoisotopic (exact) mass is 326 g/mol. The maximum absolute atomic E-state index is 11.6. The molecule has 0 aliphatic heterocycles. The van der Waals surface area contributed by atoms with Crippen LogP contribution in [0.5, 0.6) is 5.75 Å². The lowest BCUT2D eigenvalue weighted by Crippen LogP contribution is -2.37. The molecular weight excluding hydrogens is 308 g/mol. The molecule has 0 radical (unpaired) electrons. The minimum absolute atomic E-state index is 0.247. The lowest BCUT2D eigenvalue weighted by atomic mass is 10.2. The first-order chi connectivity index (χ1) is 11.7. The quantitative estimate of drug-likeness (QED) is 0.475. The first kappa shape index (κ1) is 17.1. The number of nitrogens with zero attached hydrogens (tertiary/aromatic N) is 2. The summed E-state index contributed by atoms with van der Waals surface area (Å²) in [5.41, 5.74) is 3.81. The third kappa shape index (κ3) is 5.53. The molecule has 2 N–H and O–H groups in total. The second-order valence-electron chi connectivity index (χ2n) is 4.74. The first-order valence-electron chi connectivity index (χ1n) is 7.42. The lowest BCUT2D eigenvalue weighted by Gasteiger charge is -2.04. The molecule has 0 bridgehead atoms. The number of benzene rings is 1. The summed E-state index contributed by atoms with van der Waals surface area (Å²) >= 11 is 0. The normalized spacial score (nSPS) is 10.4. The number of aromatic nitrogens is 1. The molecular formula is C17H18N4O3. The lowest BCUT2D eigenvalue weighted by molar-refractivity contribution is -0.139. The number of hydrogen-bond acceptors (Lipinski definition) is 5. The van der Waals surface area contributed by atoms with E-state index in [-0.39, 0.29) is 6.54 Å². The highest BCUT2D eigenvalue weighted by molar-refractivity contribution is 6.35. The van der Waals surface area contributed by atoms with Crippen LogP contribution >= 0.6 is 0 Å². The Balaban J connectivity index is 1.78. The van der Waals surface area contributed by atoms with E-state index < -0.39 is 11.8 Å². The highest BCUT2D eigenvalue weighted by Gasteiger charge is 2.11. The van der Waals surface area contributed by atoms with Gasteiger partial charge in [0.15, 0.2) is 0 Å². The van der Waals surface area contributed by atoms with Crippen molar-refractivity contribution in [2.45, 2.75) is 13.5 Å². The Morgan fingerprint density at radius 3 is 2.50 bits per heavy atom. The molecule has 0 unspecified atom stereocenters. The molecule has 7 nitrogen and oxygen atoms in total. The zero-order valence-corrected chi connectivity index (χ0v) is 13.2. The van der Waals surface area contributed by atoms with Crippen LogP contribution in [0, 0.1) is 0 Å². The smallest absolute Gasteiger partial charge is 0.329 e. The summed E-state index contributed by atoms with van der Waals surface area (Å²) in [7, 11) is 0. The van der Waals surface area contributed by atoms with Crippen LogP contribution in [-0.4, -0.2) is 29.6 Å². The number of nitrogens with one attached hydrogen (secondary N) is 2. The van der Waals surface area contributed by atoms with Crippen molar-refractivity contribution in [2.75, 3.05) is 6.61 Å². The summed E-state index contributed by atoms with van der Waals surface area (Å²) in [4.78, 5) is 27.1. The summed E-state index contributed by atoms with van der Waals surface area (Å²) in [6, 6.07) is 10.7. The zero-order valence-electron chi connectivity index (χ0n) is 13.2. The van der Waals surface area contributed by atoms with E-state index in [1.165, 1.54) is 6.21 Å². The minimum atomic E-state index is -0.828. The van der Waals surface area contributed by atoms with E-state index in [1.54, 1.807) is 48.8 Å². The van der Waals surface area contributed by atoms with Gasteiger partial charge in [-0.15, -0.1) is 0 Å². The van der Waals surface area contributed by atoms with Gasteiger partial charge in [0, 0.05) is 18.9 Å². The van der Waals surface area contributed by atoms with Gasteiger partial charge < -0.3 is 10.1 Å². The van der Waals surface area contributed by atoms with Gasteiger partial charge in [-0.1, -0.05) is 0 Å². The molecule has 24 heavy (non-hydrogen) atoms. The maximum atomic E-state index is 11.6. The molecule has 0 aliphatic carbocycles. The Labute approximate surface area is 139 Å². The van der Waals surface area contributed by atoms with Gasteiger partial charge in [0.25, 0.3) is 0 Å². The number of pyridine rings is 1. The maximum Gasteiger partial charge on any atom is 0.329 e. The number of amides is 2. The highest BCUT2D eigenvalue weighted by atomic mass is 16.5. The first-order valence-corrected chi connectivity index (χ1v) is 7.42. The Morgan fingerprint density at radius 2 is 1.83 bits per heavy atom. The molecule has 0 atom stereocenters. The third-order valence-corrected chi connectivity index (χ3v) is 2.98. The van der Waals surface area contributed by atoms with Crippen LogP contribution < -0.4 is 15.5 Å². The summed E-state index contributed by atoms with van der Waals surface area (Å²) in [5, 5.41) is 6.26. The summed E-state index contributed by atoms with van der Waals surface area (Å²) in [6.07, 6.45) is 4.68. The fourth-order valence-corrected chi connectivity index (χ4v) is 1.80. The molecule has 2 rings (SSSR count). The topological polar surface area (TPSA) is 92.7 Å². The van der Waals surface area contributed by atoms with E-state index in [1.807, 2.05) is 6.92 Å². The van der Waals surface area contributed by atoms with Crippen molar-refractivity contribution in [3.8, 4) is 5.75 Å². The number of ether oxygens (including phenoxy) is 1. The van der Waals surface area contributed by atoms with Gasteiger partial charge in [-0.05, 0) is 54.4 Å². The SMILES string of the molecule is CCOc1ccc(/C=N\NC(=O)C(=O)NCc2ccncc2)cc1. The number of rotatable bonds is 6. The third-order valence-electron chi connectivity index (χ3n) is 2.98. The predicted octanol–water partition coefficient (Wildman–Crippen LogP) is 1.25. The minimum Gasteiger partial charge on any atom is -0.494 e. The number of carbonyl (C=O) groups excluding carboxylic acids is 2. The van der Waals surface area contributed by atoms with E-state index in [4.69, 9.17) is 4.74 Å². The van der Waals surface area contributed by atoms with Crippen LogP contribution in [0.1, 0.15) is 18.1 Å². The molecule has 1 heterocycles. The van der Waals surface area contributed by atoms with Gasteiger partial charge in [0.05, 0.1) is 12.8 Å². The molecule has 2 amide bonds. The zero-order chi connectivity index (χ0) is 17.2. The van der Waals surface area contributed by atoms with Crippen molar-refractivity contribution in [3.05, 3.63) is 59.9 Å². The second kappa shape index (κ2) is 9.04. The Hall–Kier alpha value is -3.22. The Bertz CT molecular complexity index is 700. The molecule has 0 fully saturated rings. The molecule has 1 aromatic heterocycles. The molecule has 0 saturated heterocycles. The predicted molar refractivity (Wildman–Crippen MR) is 89.4 cm³/mol. The van der Waals surface area contributed by atoms with Gasteiger partial charge in [-0.25, -0.2) is 5.43 Å². The molecule has 0 spiro atoms. The van der Waals surface area contributed by atoms with E-state index in [0.717, 1.165) is 16.9 Å². The second-order valence-corrected chi connectivity index (χ2v) is 4.74. The summed E-state index contributed by atoms with van der Waals surface area (Å²) < 4.78 is 5.33. The summed E-state index contributed by atoms with van der Waals surface area (Å²) in [6.45, 7) is 2.75. The van der Waals surface area contributed by atoms with Gasteiger partial charge in [-0.2, -0.15) is 5.10 Å². The van der Waals surface area contributed by atoms with Crippen LogP contribution in [0.25, 0.3) is 0 Å². The highest BCUT2D eigenvalue weighted by Crippen LogP contribution is 2.10. The van der Waals surface area contributed by atoms with Crippen molar-refractivity contribution in [3.63, 3.8) is 0 Å². The van der Waals surface area contributed by atoms with Crippen molar-refractivity contribution in [1.29, 1.82) is 0 Å². The van der Waals surface area contributed by atoms with Gasteiger partial charge in [0.2, 0.25) is 0 Å². The van der Waals surface area contributed by atoms with E-state index in [9.17, 15) is 9.59 Å².